The molecule has 0 aromatic heterocycles. The third-order valence-corrected chi connectivity index (χ3v) is 3.52. The second-order valence-corrected chi connectivity index (χ2v) is 4.81. The van der Waals surface area contributed by atoms with E-state index in [0.717, 1.165) is 5.56 Å². The molecule has 1 atom stereocenters. The Morgan fingerprint density at radius 1 is 1.60 bits per heavy atom. The molecule has 0 fully saturated rings. The van der Waals surface area contributed by atoms with Crippen molar-refractivity contribution in [3.05, 3.63) is 47.8 Å². The van der Waals surface area contributed by atoms with Crippen LogP contribution in [0.25, 0.3) is 0 Å². The van der Waals surface area contributed by atoms with Crippen molar-refractivity contribution < 1.29 is 14.3 Å². The molecule has 5 heteroatoms. The van der Waals surface area contributed by atoms with Crippen molar-refractivity contribution in [2.45, 2.75) is 18.9 Å². The normalized spacial score (nSPS) is 16.6. The lowest BCUT2D eigenvalue weighted by Gasteiger charge is -2.23. The second kappa shape index (κ2) is 6.52. The van der Waals surface area contributed by atoms with Crippen LogP contribution in [0.5, 0.6) is 0 Å². The molecule has 1 aromatic rings. The molecule has 0 bridgehead atoms. The van der Waals surface area contributed by atoms with Crippen LogP contribution in [0, 0.1) is 5.82 Å². The minimum absolute atomic E-state index is 0.100. The summed E-state index contributed by atoms with van der Waals surface area (Å²) in [5, 5.41) is 11.9. The molecule has 0 spiro atoms. The SMILES string of the molecule is C=CCN(CCO)C(=O)NC1CCc2c(F)cccc21. The zero-order valence-corrected chi connectivity index (χ0v) is 11.3. The number of carbonyl (C=O) groups excluding carboxylic acids is 1. The average molecular weight is 278 g/mol. The van der Waals surface area contributed by atoms with Gasteiger partial charge in [0.2, 0.25) is 0 Å². The number of aliphatic hydroxyl groups is 1. The first-order valence-electron chi connectivity index (χ1n) is 6.72. The van der Waals surface area contributed by atoms with Crippen LogP contribution in [0.3, 0.4) is 0 Å². The van der Waals surface area contributed by atoms with Gasteiger partial charge in [-0.3, -0.25) is 0 Å². The van der Waals surface area contributed by atoms with Crippen molar-refractivity contribution in [1.29, 1.82) is 0 Å². The number of aliphatic hydroxyl groups excluding tert-OH is 1. The van der Waals surface area contributed by atoms with Crippen molar-refractivity contribution >= 4 is 6.03 Å². The molecule has 0 saturated carbocycles. The molecule has 2 N–H and O–H groups in total. The minimum atomic E-state index is -0.263. The van der Waals surface area contributed by atoms with Gasteiger partial charge in [0.15, 0.2) is 0 Å². The van der Waals surface area contributed by atoms with E-state index >= 15 is 0 Å². The minimum Gasteiger partial charge on any atom is -0.395 e. The fourth-order valence-electron chi connectivity index (χ4n) is 2.55. The number of hydrogen-bond donors (Lipinski definition) is 2. The van der Waals surface area contributed by atoms with Gasteiger partial charge in [0.25, 0.3) is 0 Å². The number of hydrogen-bond acceptors (Lipinski definition) is 2. The Bertz CT molecular complexity index is 505. The van der Waals surface area contributed by atoms with E-state index in [1.807, 2.05) is 6.07 Å². The number of amides is 2. The summed E-state index contributed by atoms with van der Waals surface area (Å²) >= 11 is 0. The topological polar surface area (TPSA) is 52.6 Å². The quantitative estimate of drug-likeness (QED) is 0.809. The molecule has 0 aliphatic heterocycles. The van der Waals surface area contributed by atoms with Crippen LogP contribution in [-0.4, -0.2) is 35.7 Å². The van der Waals surface area contributed by atoms with Gasteiger partial charge >= 0.3 is 6.03 Å². The second-order valence-electron chi connectivity index (χ2n) is 4.81. The van der Waals surface area contributed by atoms with Crippen LogP contribution >= 0.6 is 0 Å². The molecule has 1 aliphatic rings. The largest absolute Gasteiger partial charge is 0.395 e. The Balaban J connectivity index is 2.06. The van der Waals surface area contributed by atoms with Crippen LogP contribution in [0.4, 0.5) is 9.18 Å². The molecular weight excluding hydrogens is 259 g/mol. The third-order valence-electron chi connectivity index (χ3n) is 3.52. The summed E-state index contributed by atoms with van der Waals surface area (Å²) in [6, 6.07) is 4.52. The van der Waals surface area contributed by atoms with Crippen molar-refractivity contribution in [1.82, 2.24) is 10.2 Å². The summed E-state index contributed by atoms with van der Waals surface area (Å²) in [6.07, 6.45) is 2.94. The molecule has 2 amide bonds. The smallest absolute Gasteiger partial charge is 0.318 e. The van der Waals surface area contributed by atoms with Crippen LogP contribution in [0.2, 0.25) is 0 Å². The standard InChI is InChI=1S/C15H19FN2O2/c1-2-8-18(9-10-19)15(20)17-14-7-6-11-12(14)4-3-5-13(11)16/h2-5,14,19H,1,6-10H2,(H,17,20). The highest BCUT2D eigenvalue weighted by atomic mass is 19.1. The Morgan fingerprint density at radius 2 is 2.40 bits per heavy atom. The number of halogens is 1. The summed E-state index contributed by atoms with van der Waals surface area (Å²) in [5.74, 6) is -0.211. The third kappa shape index (κ3) is 2.99. The van der Waals surface area contributed by atoms with Gasteiger partial charge in [-0.1, -0.05) is 18.2 Å². The van der Waals surface area contributed by atoms with E-state index in [4.69, 9.17) is 5.11 Å². The highest BCUT2D eigenvalue weighted by Crippen LogP contribution is 2.32. The molecule has 108 valence electrons. The Hall–Kier alpha value is -1.88. The van der Waals surface area contributed by atoms with E-state index in [-0.39, 0.29) is 31.0 Å². The first kappa shape index (κ1) is 14.5. The van der Waals surface area contributed by atoms with Crippen molar-refractivity contribution in [2.75, 3.05) is 19.7 Å². The summed E-state index contributed by atoms with van der Waals surface area (Å²) in [5.41, 5.74) is 1.54. The van der Waals surface area contributed by atoms with Crippen molar-refractivity contribution in [3.8, 4) is 0 Å². The Labute approximate surface area is 117 Å². The number of benzene rings is 1. The lowest BCUT2D eigenvalue weighted by atomic mass is 10.1. The average Bonchev–Trinajstić information content (AvgIpc) is 2.83. The van der Waals surface area contributed by atoms with E-state index < -0.39 is 0 Å². The van der Waals surface area contributed by atoms with E-state index in [9.17, 15) is 9.18 Å². The Kier molecular flexibility index (Phi) is 4.74. The van der Waals surface area contributed by atoms with Gasteiger partial charge in [0.05, 0.1) is 12.6 Å². The number of urea groups is 1. The van der Waals surface area contributed by atoms with Gasteiger partial charge in [-0.05, 0) is 30.0 Å². The predicted molar refractivity (Wildman–Crippen MR) is 74.8 cm³/mol. The fourth-order valence-corrected chi connectivity index (χ4v) is 2.55. The van der Waals surface area contributed by atoms with Crippen molar-refractivity contribution in [2.24, 2.45) is 0 Å². The first-order chi connectivity index (χ1) is 9.67. The molecule has 1 aromatic carbocycles. The molecule has 0 saturated heterocycles. The lowest BCUT2D eigenvalue weighted by molar-refractivity contribution is 0.180. The monoisotopic (exact) mass is 278 g/mol. The summed E-state index contributed by atoms with van der Waals surface area (Å²) in [7, 11) is 0. The maximum absolute atomic E-state index is 13.6. The molecule has 0 radical (unpaired) electrons. The zero-order valence-electron chi connectivity index (χ0n) is 11.3. The lowest BCUT2D eigenvalue weighted by Crippen LogP contribution is -2.42. The Morgan fingerprint density at radius 3 is 3.10 bits per heavy atom. The molecule has 1 aliphatic carbocycles. The molecular formula is C15H19FN2O2. The van der Waals surface area contributed by atoms with Gasteiger partial charge in [-0.25, -0.2) is 9.18 Å². The van der Waals surface area contributed by atoms with Gasteiger partial charge in [-0.15, -0.1) is 6.58 Å². The number of carbonyl (C=O) groups is 1. The van der Waals surface area contributed by atoms with Crippen molar-refractivity contribution in [3.63, 3.8) is 0 Å². The highest BCUT2D eigenvalue weighted by molar-refractivity contribution is 5.75. The highest BCUT2D eigenvalue weighted by Gasteiger charge is 2.27. The molecule has 20 heavy (non-hydrogen) atoms. The van der Waals surface area contributed by atoms with E-state index in [1.165, 1.54) is 11.0 Å². The molecule has 2 rings (SSSR count). The predicted octanol–water partition coefficient (Wildman–Crippen LogP) is 2.00. The van der Waals surface area contributed by atoms with Crippen LogP contribution in [-0.2, 0) is 6.42 Å². The van der Waals surface area contributed by atoms with Crippen LogP contribution in [0.1, 0.15) is 23.6 Å². The van der Waals surface area contributed by atoms with Gasteiger partial charge in [0, 0.05) is 13.1 Å². The number of nitrogens with zero attached hydrogens (tertiary/aromatic N) is 1. The summed E-state index contributed by atoms with van der Waals surface area (Å²) in [4.78, 5) is 13.6. The van der Waals surface area contributed by atoms with Gasteiger partial charge in [0.1, 0.15) is 5.82 Å². The maximum Gasteiger partial charge on any atom is 0.318 e. The van der Waals surface area contributed by atoms with Crippen LogP contribution < -0.4 is 5.32 Å². The number of nitrogens with one attached hydrogen (secondary N) is 1. The van der Waals surface area contributed by atoms with E-state index in [1.54, 1.807) is 12.1 Å². The van der Waals surface area contributed by atoms with E-state index in [0.29, 0.717) is 24.9 Å². The summed E-state index contributed by atoms with van der Waals surface area (Å²) in [6.45, 7) is 4.11. The zero-order chi connectivity index (χ0) is 14.5. The first-order valence-corrected chi connectivity index (χ1v) is 6.72. The molecule has 0 heterocycles. The van der Waals surface area contributed by atoms with Gasteiger partial charge < -0.3 is 15.3 Å². The molecule has 1 unspecified atom stereocenters. The number of rotatable bonds is 5. The summed E-state index contributed by atoms with van der Waals surface area (Å²) < 4.78 is 13.6. The van der Waals surface area contributed by atoms with Gasteiger partial charge in [-0.2, -0.15) is 0 Å². The maximum atomic E-state index is 13.6. The van der Waals surface area contributed by atoms with E-state index in [2.05, 4.69) is 11.9 Å². The molecule has 4 nitrogen and oxygen atoms in total. The fraction of sp³-hybridized carbons (Fsp3) is 0.400. The van der Waals surface area contributed by atoms with Crippen LogP contribution in [0.15, 0.2) is 30.9 Å². The number of fused-ring (bicyclic) bond motifs is 1.